The van der Waals surface area contributed by atoms with Gasteiger partial charge in [0.15, 0.2) is 0 Å². The summed E-state index contributed by atoms with van der Waals surface area (Å²) in [5.74, 6) is -0.752. The third-order valence-electron chi connectivity index (χ3n) is 3.21. The predicted molar refractivity (Wildman–Crippen MR) is 90.9 cm³/mol. The molecule has 132 valence electrons. The van der Waals surface area contributed by atoms with Gasteiger partial charge in [-0.25, -0.2) is 0 Å². The lowest BCUT2D eigenvalue weighted by atomic mass is 10.1. The summed E-state index contributed by atoms with van der Waals surface area (Å²) in [5, 5.41) is 2.40. The molecule has 0 aromatic rings. The van der Waals surface area contributed by atoms with E-state index < -0.39 is 19.7 Å². The molecule has 0 aliphatic carbocycles. The Bertz CT molecular complexity index is 511. The Morgan fingerprint density at radius 3 is 2.00 bits per heavy atom. The van der Waals surface area contributed by atoms with Crippen molar-refractivity contribution in [3.8, 4) is 0 Å². The second-order valence-electron chi connectivity index (χ2n) is 6.03. The van der Waals surface area contributed by atoms with Crippen LogP contribution in [0.25, 0.3) is 0 Å². The van der Waals surface area contributed by atoms with E-state index in [9.17, 15) is 19.1 Å². The molecular weight excluding hydrogens is 313 g/mol. The van der Waals surface area contributed by atoms with Gasteiger partial charge in [-0.1, -0.05) is 42.5 Å². The third-order valence-corrected chi connectivity index (χ3v) is 3.88. The third kappa shape index (κ3) is 15.5. The molecule has 0 aromatic heterocycles. The molecule has 5 nitrogen and oxygen atoms in total. The fraction of sp³-hybridized carbons (Fsp3) is 0.588. The second-order valence-corrected chi connectivity index (χ2v) is 7.57. The maximum absolute atomic E-state index is 11.2. The van der Waals surface area contributed by atoms with E-state index in [-0.39, 0.29) is 6.54 Å². The highest BCUT2D eigenvalue weighted by Crippen LogP contribution is 2.21. The molecule has 0 fully saturated rings. The van der Waals surface area contributed by atoms with E-state index in [1.54, 1.807) is 0 Å². The van der Waals surface area contributed by atoms with Crippen LogP contribution in [0.2, 0.25) is 0 Å². The smallest absolute Gasteiger partial charge is 0.225 e. The molecule has 0 rings (SSSR count). The molecule has 23 heavy (non-hydrogen) atoms. The van der Waals surface area contributed by atoms with Gasteiger partial charge in [0.25, 0.3) is 0 Å². The molecule has 6 heteroatoms. The first-order valence-electron chi connectivity index (χ1n) is 7.82. The predicted octanol–water partition coefficient (Wildman–Crippen LogP) is 2.44. The van der Waals surface area contributed by atoms with E-state index in [0.29, 0.717) is 0 Å². The number of carbonyl (C=O) groups is 1. The monoisotopic (exact) mass is 341 g/mol. The van der Waals surface area contributed by atoms with Gasteiger partial charge in [0, 0.05) is 6.54 Å². The number of rotatable bonds is 10. The Morgan fingerprint density at radius 1 is 0.957 bits per heavy atom. The van der Waals surface area contributed by atoms with Gasteiger partial charge in [0.2, 0.25) is 5.91 Å². The van der Waals surface area contributed by atoms with Crippen LogP contribution >= 0.6 is 7.60 Å². The van der Waals surface area contributed by atoms with Gasteiger partial charge in [-0.3, -0.25) is 4.79 Å². The van der Waals surface area contributed by atoms with E-state index in [2.05, 4.69) is 38.2 Å². The fourth-order valence-corrected chi connectivity index (χ4v) is 2.37. The van der Waals surface area contributed by atoms with Crippen molar-refractivity contribution in [2.24, 2.45) is 0 Å². The van der Waals surface area contributed by atoms with E-state index in [4.69, 9.17) is 0 Å². The van der Waals surface area contributed by atoms with E-state index in [1.807, 2.05) is 13.0 Å². The SMILES string of the molecule is CC(C)=CCC/C(C)=C/CC/C(C)=C/CNC(=O)CP(=O)([O-])[O-]. The van der Waals surface area contributed by atoms with Gasteiger partial charge < -0.3 is 19.7 Å². The molecule has 0 saturated heterocycles. The van der Waals surface area contributed by atoms with Crippen molar-refractivity contribution in [3.63, 3.8) is 0 Å². The molecule has 0 bridgehead atoms. The molecule has 0 atom stereocenters. The van der Waals surface area contributed by atoms with Crippen molar-refractivity contribution >= 4 is 13.5 Å². The van der Waals surface area contributed by atoms with Gasteiger partial charge in [-0.15, -0.1) is 0 Å². The normalized spacial score (nSPS) is 13.0. The number of allylic oxidation sites excluding steroid dienone is 5. The molecule has 0 radical (unpaired) electrons. The lowest BCUT2D eigenvalue weighted by Gasteiger charge is -2.28. The molecule has 0 saturated carbocycles. The first kappa shape index (κ1) is 21.8. The minimum atomic E-state index is -4.77. The Labute approximate surface area is 139 Å². The summed E-state index contributed by atoms with van der Waals surface area (Å²) in [6, 6.07) is 0. The zero-order chi connectivity index (χ0) is 17.9. The van der Waals surface area contributed by atoms with Crippen LogP contribution in [-0.2, 0) is 9.36 Å². The van der Waals surface area contributed by atoms with Crippen molar-refractivity contribution in [1.29, 1.82) is 0 Å². The van der Waals surface area contributed by atoms with E-state index in [0.717, 1.165) is 31.3 Å². The van der Waals surface area contributed by atoms with Crippen LogP contribution in [-0.4, -0.2) is 18.6 Å². The van der Waals surface area contributed by atoms with Gasteiger partial charge in [-0.2, -0.15) is 0 Å². The van der Waals surface area contributed by atoms with Gasteiger partial charge in [-0.05, 0) is 53.4 Å². The van der Waals surface area contributed by atoms with E-state index in [1.165, 1.54) is 11.1 Å². The van der Waals surface area contributed by atoms with Gasteiger partial charge >= 0.3 is 0 Å². The van der Waals surface area contributed by atoms with Crippen LogP contribution in [0.15, 0.2) is 34.9 Å². The molecule has 1 N–H and O–H groups in total. The zero-order valence-corrected chi connectivity index (χ0v) is 15.4. The lowest BCUT2D eigenvalue weighted by molar-refractivity contribution is -0.312. The average molecular weight is 341 g/mol. The van der Waals surface area contributed by atoms with Crippen molar-refractivity contribution < 1.29 is 19.1 Å². The van der Waals surface area contributed by atoms with Crippen molar-refractivity contribution in [1.82, 2.24) is 5.32 Å². The topological polar surface area (TPSA) is 92.3 Å². The number of carbonyl (C=O) groups excluding carboxylic acids is 1. The summed E-state index contributed by atoms with van der Waals surface area (Å²) in [6.45, 7) is 8.53. The fourth-order valence-electron chi connectivity index (χ4n) is 1.91. The Kier molecular flexibility index (Phi) is 10.8. The molecule has 1 amide bonds. The zero-order valence-electron chi connectivity index (χ0n) is 14.6. The van der Waals surface area contributed by atoms with Crippen LogP contribution in [0.4, 0.5) is 0 Å². The summed E-state index contributed by atoms with van der Waals surface area (Å²) in [4.78, 5) is 32.0. The minimum absolute atomic E-state index is 0.244. The first-order chi connectivity index (χ1) is 10.6. The Balaban J connectivity index is 4.00. The summed E-state index contributed by atoms with van der Waals surface area (Å²) in [5.41, 5.74) is 3.82. The first-order valence-corrected chi connectivity index (χ1v) is 9.55. The average Bonchev–Trinajstić information content (AvgIpc) is 2.35. The van der Waals surface area contributed by atoms with Gasteiger partial charge in [0.1, 0.15) is 0 Å². The standard InChI is InChI=1S/C17H30NO4P/c1-14(2)7-5-8-15(3)9-6-10-16(4)11-12-18-17(19)13-23(20,21)22/h7,9,11H,5-6,8,10,12-13H2,1-4H3,(H,18,19)(H2,20,21,22)/p-2/b15-9+,16-11+. The van der Waals surface area contributed by atoms with Crippen LogP contribution in [0.1, 0.15) is 53.4 Å². The molecule has 0 aromatic carbocycles. The second kappa shape index (κ2) is 11.4. The highest BCUT2D eigenvalue weighted by molar-refractivity contribution is 7.49. The highest BCUT2D eigenvalue weighted by Gasteiger charge is 2.01. The summed E-state index contributed by atoms with van der Waals surface area (Å²) < 4.78 is 10.4. The van der Waals surface area contributed by atoms with Crippen molar-refractivity contribution in [2.45, 2.75) is 53.4 Å². The summed E-state index contributed by atoms with van der Waals surface area (Å²) in [6.07, 6.45) is 9.26. The molecule has 0 heterocycles. The van der Waals surface area contributed by atoms with E-state index >= 15 is 0 Å². The number of nitrogens with one attached hydrogen (secondary N) is 1. The molecule has 0 aliphatic heterocycles. The minimum Gasteiger partial charge on any atom is -0.810 e. The summed E-state index contributed by atoms with van der Waals surface area (Å²) >= 11 is 0. The van der Waals surface area contributed by atoms with Crippen LogP contribution < -0.4 is 15.1 Å². The van der Waals surface area contributed by atoms with Crippen molar-refractivity contribution in [3.05, 3.63) is 34.9 Å². The molecule has 0 unspecified atom stereocenters. The molecule has 0 aliphatic rings. The van der Waals surface area contributed by atoms with Crippen LogP contribution in [0.5, 0.6) is 0 Å². The number of hydrogen-bond acceptors (Lipinski definition) is 4. The molecular formula is C17H28NO4P-2. The van der Waals surface area contributed by atoms with Crippen LogP contribution in [0.3, 0.4) is 0 Å². The van der Waals surface area contributed by atoms with Crippen LogP contribution in [0, 0.1) is 0 Å². The maximum Gasteiger partial charge on any atom is 0.225 e. The lowest BCUT2D eigenvalue weighted by Crippen LogP contribution is -2.31. The Hall–Kier alpha value is -1.16. The Morgan fingerprint density at radius 2 is 1.48 bits per heavy atom. The van der Waals surface area contributed by atoms with Gasteiger partial charge in [0.05, 0.1) is 6.16 Å². The quantitative estimate of drug-likeness (QED) is 0.488. The highest BCUT2D eigenvalue weighted by atomic mass is 31.2. The molecule has 0 spiro atoms. The number of hydrogen-bond donors (Lipinski definition) is 1. The van der Waals surface area contributed by atoms with Crippen molar-refractivity contribution in [2.75, 3.05) is 12.7 Å². The number of amides is 1. The largest absolute Gasteiger partial charge is 0.810 e. The summed E-state index contributed by atoms with van der Waals surface area (Å²) in [7, 11) is -4.77. The maximum atomic E-state index is 11.2.